The Labute approximate surface area is 122 Å². The van der Waals surface area contributed by atoms with Gasteiger partial charge in [-0.15, -0.1) is 0 Å². The molecule has 21 heavy (non-hydrogen) atoms. The molecule has 0 aliphatic carbocycles. The van der Waals surface area contributed by atoms with Gasteiger partial charge in [-0.2, -0.15) is 0 Å². The van der Waals surface area contributed by atoms with Gasteiger partial charge in [0.15, 0.2) is 0 Å². The number of hydrazine groups is 1. The van der Waals surface area contributed by atoms with Gasteiger partial charge in [0.1, 0.15) is 0 Å². The highest BCUT2D eigenvalue weighted by Crippen LogP contribution is 2.02. The van der Waals surface area contributed by atoms with E-state index in [2.05, 4.69) is 27.7 Å². The standard InChI is InChI=1S/C16H13N3O2/c1-12(20)18-19-16(21)15-9-14(10-17-11-15)8-7-13-5-3-2-4-6-13/h2-6,9-11H,1H3,(H,18,20)(H,19,21). The maximum atomic E-state index is 11.8. The molecule has 0 aliphatic heterocycles. The van der Waals surface area contributed by atoms with Gasteiger partial charge >= 0.3 is 0 Å². The van der Waals surface area contributed by atoms with Crippen LogP contribution in [0.2, 0.25) is 0 Å². The van der Waals surface area contributed by atoms with E-state index in [4.69, 9.17) is 0 Å². The van der Waals surface area contributed by atoms with E-state index in [9.17, 15) is 9.59 Å². The van der Waals surface area contributed by atoms with E-state index in [1.807, 2.05) is 30.3 Å². The molecule has 0 fully saturated rings. The Bertz CT molecular complexity index is 715. The molecular weight excluding hydrogens is 266 g/mol. The third kappa shape index (κ3) is 4.48. The lowest BCUT2D eigenvalue weighted by atomic mass is 10.1. The van der Waals surface area contributed by atoms with Gasteiger partial charge in [-0.1, -0.05) is 30.0 Å². The van der Waals surface area contributed by atoms with Crippen molar-refractivity contribution in [3.05, 3.63) is 65.5 Å². The summed E-state index contributed by atoms with van der Waals surface area (Å²) in [6.07, 6.45) is 2.98. The second-order valence-electron chi connectivity index (χ2n) is 4.21. The Kier molecular flexibility index (Phi) is 4.67. The van der Waals surface area contributed by atoms with Crippen LogP contribution in [0.4, 0.5) is 0 Å². The van der Waals surface area contributed by atoms with E-state index < -0.39 is 5.91 Å². The first-order valence-corrected chi connectivity index (χ1v) is 6.24. The summed E-state index contributed by atoms with van der Waals surface area (Å²) in [6.45, 7) is 1.31. The SMILES string of the molecule is CC(=O)NNC(=O)c1cncc(C#Cc2ccccc2)c1. The van der Waals surface area contributed by atoms with Gasteiger partial charge in [0.25, 0.3) is 5.91 Å². The van der Waals surface area contributed by atoms with Crippen molar-refractivity contribution in [2.24, 2.45) is 0 Å². The summed E-state index contributed by atoms with van der Waals surface area (Å²) >= 11 is 0. The normalized spacial score (nSPS) is 9.19. The second kappa shape index (κ2) is 6.87. The summed E-state index contributed by atoms with van der Waals surface area (Å²) < 4.78 is 0. The molecule has 1 aromatic heterocycles. The Hall–Kier alpha value is -3.13. The van der Waals surface area contributed by atoms with Crippen molar-refractivity contribution in [2.45, 2.75) is 6.92 Å². The molecule has 2 N–H and O–H groups in total. The molecule has 5 heteroatoms. The number of benzene rings is 1. The minimum Gasteiger partial charge on any atom is -0.274 e. The van der Waals surface area contributed by atoms with Crippen LogP contribution in [0.5, 0.6) is 0 Å². The molecule has 1 heterocycles. The first kappa shape index (κ1) is 14.3. The highest BCUT2D eigenvalue weighted by atomic mass is 16.2. The van der Waals surface area contributed by atoms with Crippen molar-refractivity contribution < 1.29 is 9.59 Å². The lowest BCUT2D eigenvalue weighted by Gasteiger charge is -2.04. The number of nitrogens with zero attached hydrogens (tertiary/aromatic N) is 1. The minimum atomic E-state index is -0.443. The summed E-state index contributed by atoms with van der Waals surface area (Å²) in [5.74, 6) is 5.13. The fourth-order valence-corrected chi connectivity index (χ4v) is 1.52. The molecule has 104 valence electrons. The van der Waals surface area contributed by atoms with Crippen molar-refractivity contribution in [1.82, 2.24) is 15.8 Å². The summed E-state index contributed by atoms with van der Waals surface area (Å²) in [7, 11) is 0. The number of aromatic nitrogens is 1. The van der Waals surface area contributed by atoms with Gasteiger partial charge in [0.05, 0.1) is 5.56 Å². The molecular formula is C16H13N3O2. The Balaban J connectivity index is 2.13. The number of rotatable bonds is 1. The number of hydrogen-bond donors (Lipinski definition) is 2. The molecule has 0 atom stereocenters. The summed E-state index contributed by atoms with van der Waals surface area (Å²) in [4.78, 5) is 26.5. The van der Waals surface area contributed by atoms with Crippen molar-refractivity contribution in [3.63, 3.8) is 0 Å². The number of carbonyl (C=O) groups is 2. The molecule has 0 saturated carbocycles. The van der Waals surface area contributed by atoms with Crippen molar-refractivity contribution in [2.75, 3.05) is 0 Å². The maximum Gasteiger partial charge on any atom is 0.271 e. The van der Waals surface area contributed by atoms with Crippen LogP contribution in [0, 0.1) is 11.8 Å². The van der Waals surface area contributed by atoms with Crippen LogP contribution in [-0.4, -0.2) is 16.8 Å². The zero-order valence-electron chi connectivity index (χ0n) is 11.4. The van der Waals surface area contributed by atoms with Crippen LogP contribution in [0.1, 0.15) is 28.4 Å². The van der Waals surface area contributed by atoms with Crippen LogP contribution in [0.15, 0.2) is 48.8 Å². The fourth-order valence-electron chi connectivity index (χ4n) is 1.52. The Morgan fingerprint density at radius 2 is 1.71 bits per heavy atom. The van der Waals surface area contributed by atoms with E-state index in [-0.39, 0.29) is 5.91 Å². The first-order chi connectivity index (χ1) is 10.1. The van der Waals surface area contributed by atoms with Gasteiger partial charge in [0, 0.05) is 30.4 Å². The molecule has 2 amide bonds. The summed E-state index contributed by atoms with van der Waals surface area (Å²) in [5.41, 5.74) is 6.31. The molecule has 0 aliphatic rings. The van der Waals surface area contributed by atoms with Crippen molar-refractivity contribution in [3.8, 4) is 11.8 Å². The molecule has 2 aromatic rings. The van der Waals surface area contributed by atoms with Crippen molar-refractivity contribution >= 4 is 11.8 Å². The molecule has 1 aromatic carbocycles. The lowest BCUT2D eigenvalue weighted by Crippen LogP contribution is -2.40. The summed E-state index contributed by atoms with van der Waals surface area (Å²) in [6, 6.07) is 11.1. The number of hydrogen-bond acceptors (Lipinski definition) is 3. The van der Waals surface area contributed by atoms with Crippen LogP contribution in [0.25, 0.3) is 0 Å². The highest BCUT2D eigenvalue weighted by Gasteiger charge is 2.06. The molecule has 0 saturated heterocycles. The smallest absolute Gasteiger partial charge is 0.271 e. The summed E-state index contributed by atoms with van der Waals surface area (Å²) in [5, 5.41) is 0. The maximum absolute atomic E-state index is 11.8. The van der Waals surface area contributed by atoms with E-state index in [0.29, 0.717) is 11.1 Å². The predicted octanol–water partition coefficient (Wildman–Crippen LogP) is 1.26. The number of nitrogens with one attached hydrogen (secondary N) is 2. The number of amides is 2. The zero-order chi connectivity index (χ0) is 15.1. The molecule has 0 spiro atoms. The molecule has 0 bridgehead atoms. The molecule has 0 radical (unpaired) electrons. The average Bonchev–Trinajstić information content (AvgIpc) is 2.52. The van der Waals surface area contributed by atoms with E-state index >= 15 is 0 Å². The first-order valence-electron chi connectivity index (χ1n) is 6.24. The number of carbonyl (C=O) groups excluding carboxylic acids is 2. The Morgan fingerprint density at radius 3 is 2.43 bits per heavy atom. The topological polar surface area (TPSA) is 71.1 Å². The van der Waals surface area contributed by atoms with Gasteiger partial charge in [0.2, 0.25) is 5.91 Å². The quantitative estimate of drug-likeness (QED) is 0.610. The van der Waals surface area contributed by atoms with Gasteiger partial charge < -0.3 is 0 Å². The monoisotopic (exact) mass is 279 g/mol. The van der Waals surface area contributed by atoms with E-state index in [1.54, 1.807) is 12.3 Å². The fraction of sp³-hybridized carbons (Fsp3) is 0.0625. The molecule has 2 rings (SSSR count). The largest absolute Gasteiger partial charge is 0.274 e. The third-order valence-electron chi connectivity index (χ3n) is 2.48. The van der Waals surface area contributed by atoms with Crippen LogP contribution >= 0.6 is 0 Å². The Morgan fingerprint density at radius 1 is 1.00 bits per heavy atom. The number of pyridine rings is 1. The van der Waals surface area contributed by atoms with Crippen LogP contribution in [-0.2, 0) is 4.79 Å². The van der Waals surface area contributed by atoms with E-state index in [1.165, 1.54) is 13.1 Å². The van der Waals surface area contributed by atoms with Gasteiger partial charge in [-0.05, 0) is 18.2 Å². The average molecular weight is 279 g/mol. The van der Waals surface area contributed by atoms with E-state index in [0.717, 1.165) is 5.56 Å². The predicted molar refractivity (Wildman–Crippen MR) is 77.9 cm³/mol. The lowest BCUT2D eigenvalue weighted by molar-refractivity contribution is -0.119. The third-order valence-corrected chi connectivity index (χ3v) is 2.48. The second-order valence-corrected chi connectivity index (χ2v) is 4.21. The highest BCUT2D eigenvalue weighted by molar-refractivity contribution is 5.95. The molecule has 5 nitrogen and oxygen atoms in total. The van der Waals surface area contributed by atoms with Gasteiger partial charge in [-0.25, -0.2) is 0 Å². The minimum absolute atomic E-state index is 0.323. The van der Waals surface area contributed by atoms with Crippen LogP contribution < -0.4 is 10.9 Å². The van der Waals surface area contributed by atoms with Crippen molar-refractivity contribution in [1.29, 1.82) is 0 Å². The van der Waals surface area contributed by atoms with Gasteiger partial charge in [-0.3, -0.25) is 25.4 Å². The zero-order valence-corrected chi connectivity index (χ0v) is 11.4. The van der Waals surface area contributed by atoms with Crippen LogP contribution in [0.3, 0.4) is 0 Å². The molecule has 0 unspecified atom stereocenters.